The first-order valence-electron chi connectivity index (χ1n) is 7.61. The van der Waals surface area contributed by atoms with E-state index in [1.807, 2.05) is 11.3 Å². The van der Waals surface area contributed by atoms with Crippen molar-refractivity contribution in [2.45, 2.75) is 39.2 Å². The zero-order chi connectivity index (χ0) is 15.0. The molecule has 0 amide bonds. The summed E-state index contributed by atoms with van der Waals surface area (Å²) in [5.74, 6) is 0.558. The van der Waals surface area contributed by atoms with Crippen LogP contribution in [0.5, 0.6) is 0 Å². The summed E-state index contributed by atoms with van der Waals surface area (Å²) in [5.41, 5.74) is 9.79. The number of nitrogens with zero attached hydrogens (tertiary/aromatic N) is 2. The number of aromatic nitrogens is 1. The lowest BCUT2D eigenvalue weighted by Gasteiger charge is -2.27. The molecule has 2 heterocycles. The van der Waals surface area contributed by atoms with E-state index >= 15 is 0 Å². The second-order valence-electron chi connectivity index (χ2n) is 5.84. The maximum atomic E-state index is 5.80. The molecule has 4 heteroatoms. The summed E-state index contributed by atoms with van der Waals surface area (Å²) in [4.78, 5) is 8.50. The van der Waals surface area contributed by atoms with Crippen molar-refractivity contribution < 1.29 is 0 Å². The van der Waals surface area contributed by atoms with Crippen molar-refractivity contribution in [1.29, 1.82) is 0 Å². The third-order valence-corrected chi connectivity index (χ3v) is 5.65. The van der Waals surface area contributed by atoms with E-state index in [2.05, 4.69) is 54.9 Å². The fraction of sp³-hybridized carbons (Fsp3) is 0.471. The highest BCUT2D eigenvalue weighted by Crippen LogP contribution is 2.43. The molecule has 1 aliphatic rings. The number of rotatable bonds is 4. The van der Waals surface area contributed by atoms with Crippen LogP contribution in [0.25, 0.3) is 0 Å². The minimum Gasteiger partial charge on any atom is -0.363 e. The Bertz CT molecular complexity index is 635. The highest BCUT2D eigenvalue weighted by molar-refractivity contribution is 7.11. The van der Waals surface area contributed by atoms with Crippen LogP contribution < -0.4 is 10.6 Å². The van der Waals surface area contributed by atoms with Crippen molar-refractivity contribution in [3.8, 4) is 0 Å². The van der Waals surface area contributed by atoms with Crippen LogP contribution in [0.2, 0.25) is 0 Å². The van der Waals surface area contributed by atoms with Crippen molar-refractivity contribution >= 4 is 17.0 Å². The Morgan fingerprint density at radius 2 is 2.14 bits per heavy atom. The number of benzene rings is 1. The van der Waals surface area contributed by atoms with Gasteiger partial charge in [0.05, 0.1) is 16.7 Å². The number of anilines is 1. The number of hydrogen-bond donors (Lipinski definition) is 1. The quantitative estimate of drug-likeness (QED) is 0.934. The molecule has 2 unspecified atom stereocenters. The smallest absolute Gasteiger partial charge is 0.0900 e. The van der Waals surface area contributed by atoms with Gasteiger partial charge in [-0.15, -0.1) is 11.3 Å². The van der Waals surface area contributed by atoms with Crippen LogP contribution in [0.1, 0.15) is 46.4 Å². The second kappa shape index (κ2) is 5.78. The van der Waals surface area contributed by atoms with Gasteiger partial charge >= 0.3 is 0 Å². The normalized spacial score (nSPS) is 18.9. The number of hydrogen-bond acceptors (Lipinski definition) is 4. The molecule has 112 valence electrons. The minimum absolute atomic E-state index is 0.375. The zero-order valence-corrected chi connectivity index (χ0v) is 13.8. The van der Waals surface area contributed by atoms with Crippen LogP contribution in [-0.4, -0.2) is 18.1 Å². The lowest BCUT2D eigenvalue weighted by atomic mass is 9.98. The van der Waals surface area contributed by atoms with E-state index in [1.165, 1.54) is 21.8 Å². The van der Waals surface area contributed by atoms with Crippen LogP contribution in [0.4, 0.5) is 5.69 Å². The van der Waals surface area contributed by atoms with Gasteiger partial charge in [-0.1, -0.05) is 18.2 Å². The number of thiazole rings is 1. The van der Waals surface area contributed by atoms with Gasteiger partial charge in [0, 0.05) is 23.0 Å². The molecular weight excluding hydrogens is 278 g/mol. The first-order valence-corrected chi connectivity index (χ1v) is 8.43. The van der Waals surface area contributed by atoms with Gasteiger partial charge in [-0.3, -0.25) is 0 Å². The summed E-state index contributed by atoms with van der Waals surface area (Å²) in [6.45, 7) is 8.31. The average Bonchev–Trinajstić information content (AvgIpc) is 3.00. The fourth-order valence-electron chi connectivity index (χ4n) is 3.42. The third kappa shape index (κ3) is 2.58. The van der Waals surface area contributed by atoms with E-state index in [4.69, 9.17) is 5.73 Å². The van der Waals surface area contributed by atoms with Crippen LogP contribution in [0.3, 0.4) is 0 Å². The van der Waals surface area contributed by atoms with E-state index < -0.39 is 0 Å². The lowest BCUT2D eigenvalue weighted by Crippen LogP contribution is -2.26. The fourth-order valence-corrected chi connectivity index (χ4v) is 4.41. The first kappa shape index (κ1) is 14.5. The highest BCUT2D eigenvalue weighted by Gasteiger charge is 2.32. The van der Waals surface area contributed by atoms with Crippen molar-refractivity contribution in [3.63, 3.8) is 0 Å². The molecule has 0 bridgehead atoms. The van der Waals surface area contributed by atoms with Gasteiger partial charge in [-0.2, -0.15) is 0 Å². The molecule has 0 saturated heterocycles. The molecule has 3 nitrogen and oxygen atoms in total. The maximum Gasteiger partial charge on any atom is 0.0900 e. The van der Waals surface area contributed by atoms with Crippen molar-refractivity contribution in [2.24, 2.45) is 5.73 Å². The third-order valence-electron chi connectivity index (χ3n) is 4.40. The molecule has 0 radical (unpaired) electrons. The predicted octanol–water partition coefficient (Wildman–Crippen LogP) is 3.77. The van der Waals surface area contributed by atoms with E-state index in [-0.39, 0.29) is 0 Å². The van der Waals surface area contributed by atoms with E-state index in [0.717, 1.165) is 24.5 Å². The maximum absolute atomic E-state index is 5.80. The first-order chi connectivity index (χ1) is 10.1. The summed E-state index contributed by atoms with van der Waals surface area (Å²) < 4.78 is 0. The van der Waals surface area contributed by atoms with Gasteiger partial charge < -0.3 is 10.6 Å². The van der Waals surface area contributed by atoms with Gasteiger partial charge in [0.1, 0.15) is 0 Å². The van der Waals surface area contributed by atoms with E-state index in [9.17, 15) is 0 Å². The molecule has 3 rings (SSSR count). The second-order valence-corrected chi connectivity index (χ2v) is 7.08. The van der Waals surface area contributed by atoms with E-state index in [1.54, 1.807) is 0 Å². The number of nitrogens with two attached hydrogens (primary N) is 1. The van der Waals surface area contributed by atoms with Crippen molar-refractivity contribution in [2.75, 3.05) is 18.0 Å². The van der Waals surface area contributed by atoms with Crippen LogP contribution in [0.15, 0.2) is 24.3 Å². The molecular formula is C17H23N3S. The molecule has 1 aromatic heterocycles. The summed E-state index contributed by atoms with van der Waals surface area (Å²) in [6.07, 6.45) is 1.06. The topological polar surface area (TPSA) is 42.2 Å². The van der Waals surface area contributed by atoms with Gasteiger partial charge in [-0.05, 0) is 45.4 Å². The summed E-state index contributed by atoms with van der Waals surface area (Å²) in [6, 6.07) is 9.14. The van der Waals surface area contributed by atoms with Gasteiger partial charge in [0.25, 0.3) is 0 Å². The average molecular weight is 301 g/mol. The highest BCUT2D eigenvalue weighted by atomic mass is 32.1. The van der Waals surface area contributed by atoms with Crippen molar-refractivity contribution in [1.82, 2.24) is 4.98 Å². The molecule has 0 fully saturated rings. The molecule has 1 aromatic carbocycles. The molecule has 2 atom stereocenters. The number of para-hydroxylation sites is 1. The Morgan fingerprint density at radius 1 is 1.38 bits per heavy atom. The number of aryl methyl sites for hydroxylation is 2. The molecule has 1 aliphatic heterocycles. The Balaban J connectivity index is 1.94. The SMILES string of the molecule is Cc1nc(C)c(C(C)N2CC(CCN)c3ccccc32)s1. The zero-order valence-electron chi connectivity index (χ0n) is 13.0. The summed E-state index contributed by atoms with van der Waals surface area (Å²) in [7, 11) is 0. The standard InChI is InChI=1S/C17H23N3S/c1-11-17(21-13(3)19-11)12(2)20-10-14(8-9-18)15-6-4-5-7-16(15)20/h4-7,12,14H,8-10,18H2,1-3H3. The molecule has 0 spiro atoms. The molecule has 2 aromatic rings. The molecule has 0 saturated carbocycles. The lowest BCUT2D eigenvalue weighted by molar-refractivity contribution is 0.609. The minimum atomic E-state index is 0.375. The Kier molecular flexibility index (Phi) is 4.00. The van der Waals surface area contributed by atoms with Gasteiger partial charge in [0.2, 0.25) is 0 Å². The predicted molar refractivity (Wildman–Crippen MR) is 90.2 cm³/mol. The molecule has 2 N–H and O–H groups in total. The number of fused-ring (bicyclic) bond motifs is 1. The monoisotopic (exact) mass is 301 g/mol. The van der Waals surface area contributed by atoms with Gasteiger partial charge in [-0.25, -0.2) is 4.98 Å². The molecule has 21 heavy (non-hydrogen) atoms. The Labute approximate surface area is 130 Å². The summed E-state index contributed by atoms with van der Waals surface area (Å²) in [5, 5.41) is 1.15. The Hall–Kier alpha value is -1.39. The Morgan fingerprint density at radius 3 is 2.81 bits per heavy atom. The van der Waals surface area contributed by atoms with Gasteiger partial charge in [0.15, 0.2) is 0 Å². The van der Waals surface area contributed by atoms with Crippen molar-refractivity contribution in [3.05, 3.63) is 45.4 Å². The molecule has 0 aliphatic carbocycles. The largest absolute Gasteiger partial charge is 0.363 e. The van der Waals surface area contributed by atoms with E-state index in [0.29, 0.717) is 12.0 Å². The van der Waals surface area contributed by atoms with Crippen LogP contribution >= 0.6 is 11.3 Å². The van der Waals surface area contributed by atoms with Crippen LogP contribution in [-0.2, 0) is 0 Å². The summed E-state index contributed by atoms with van der Waals surface area (Å²) >= 11 is 1.82. The van der Waals surface area contributed by atoms with Crippen LogP contribution in [0, 0.1) is 13.8 Å².